The lowest BCUT2D eigenvalue weighted by Crippen LogP contribution is -2.18. The van der Waals surface area contributed by atoms with E-state index in [2.05, 4.69) is 16.0 Å². The van der Waals surface area contributed by atoms with Gasteiger partial charge in [-0.25, -0.2) is 0 Å². The monoisotopic (exact) mass is 651 g/mol. The number of nitrogens with one attached hydrogen (secondary N) is 3. The van der Waals surface area contributed by atoms with Crippen LogP contribution in [0.4, 0.5) is 17.1 Å². The molecule has 0 saturated carbocycles. The molecule has 0 saturated heterocycles. The summed E-state index contributed by atoms with van der Waals surface area (Å²) in [4.78, 5) is 74.5. The summed E-state index contributed by atoms with van der Waals surface area (Å²) in [5.41, 5.74) is 1.29. The average molecular weight is 652 g/mol. The van der Waals surface area contributed by atoms with E-state index in [1.807, 2.05) is 0 Å². The van der Waals surface area contributed by atoms with E-state index < -0.39 is 35.6 Å². The number of esters is 3. The molecule has 0 aliphatic carbocycles. The van der Waals surface area contributed by atoms with Crippen molar-refractivity contribution in [3.8, 4) is 17.2 Å². The molecule has 0 aromatic heterocycles. The van der Waals surface area contributed by atoms with Gasteiger partial charge in [0.05, 0.1) is 0 Å². The Morgan fingerprint density at radius 2 is 0.729 bits per heavy atom. The minimum atomic E-state index is -0.581. The zero-order chi connectivity index (χ0) is 34.6. The summed E-state index contributed by atoms with van der Waals surface area (Å²) in [6.45, 7) is 5.01. The summed E-state index contributed by atoms with van der Waals surface area (Å²) in [6, 6.07) is 22.4. The Morgan fingerprint density at radius 3 is 1.08 bits per heavy atom. The summed E-state index contributed by atoms with van der Waals surface area (Å²) < 4.78 is 15.5. The molecule has 3 N–H and O–H groups in total. The quantitative estimate of drug-likeness (QED) is 0.116. The van der Waals surface area contributed by atoms with Gasteiger partial charge < -0.3 is 30.2 Å². The Bertz CT molecular complexity index is 1720. The van der Waals surface area contributed by atoms with Crippen LogP contribution in [-0.4, -0.2) is 35.6 Å². The van der Waals surface area contributed by atoms with Crippen LogP contribution in [0.25, 0.3) is 0 Å². The van der Waals surface area contributed by atoms with Gasteiger partial charge in [0, 0.05) is 53.0 Å². The van der Waals surface area contributed by atoms with Gasteiger partial charge in [-0.1, -0.05) is 20.8 Å². The van der Waals surface area contributed by atoms with Crippen LogP contribution in [0.15, 0.2) is 91.0 Å². The highest BCUT2D eigenvalue weighted by molar-refractivity contribution is 6.11. The first-order valence-corrected chi connectivity index (χ1v) is 15.1. The smallest absolute Gasteiger partial charge is 0.310 e. The number of hydrogen-bond donors (Lipinski definition) is 3. The van der Waals surface area contributed by atoms with Gasteiger partial charge in [0.15, 0.2) is 0 Å². The molecule has 0 bridgehead atoms. The topological polar surface area (TPSA) is 166 Å². The molecular weight excluding hydrogens is 618 g/mol. The number of ether oxygens (including phenoxy) is 3. The summed E-state index contributed by atoms with van der Waals surface area (Å²) in [6.07, 6.45) is 0.614. The van der Waals surface area contributed by atoms with Crippen molar-refractivity contribution in [1.82, 2.24) is 0 Å². The van der Waals surface area contributed by atoms with Gasteiger partial charge in [-0.15, -0.1) is 0 Å². The molecule has 0 aliphatic heterocycles. The lowest BCUT2D eigenvalue weighted by Gasteiger charge is -2.13. The van der Waals surface area contributed by atoms with Crippen LogP contribution in [0.3, 0.4) is 0 Å². The van der Waals surface area contributed by atoms with Crippen LogP contribution in [0.5, 0.6) is 17.2 Å². The van der Waals surface area contributed by atoms with E-state index in [1.165, 1.54) is 66.7 Å². The zero-order valence-corrected chi connectivity index (χ0v) is 26.5. The second kappa shape index (κ2) is 16.3. The lowest BCUT2D eigenvalue weighted by molar-refractivity contribution is -0.134. The van der Waals surface area contributed by atoms with Gasteiger partial charge in [0.2, 0.25) is 0 Å². The third kappa shape index (κ3) is 9.85. The first-order chi connectivity index (χ1) is 23.1. The summed E-state index contributed by atoms with van der Waals surface area (Å²) >= 11 is 0. The third-order valence-electron chi connectivity index (χ3n) is 6.62. The van der Waals surface area contributed by atoms with Crippen molar-refractivity contribution in [3.63, 3.8) is 0 Å². The van der Waals surface area contributed by atoms with Crippen molar-refractivity contribution in [1.29, 1.82) is 0 Å². The van der Waals surface area contributed by atoms with E-state index in [-0.39, 0.29) is 47.4 Å². The van der Waals surface area contributed by atoms with E-state index in [0.29, 0.717) is 22.9 Å². The lowest BCUT2D eigenvalue weighted by atomic mass is 10.1. The molecule has 0 heterocycles. The second-order valence-electron chi connectivity index (χ2n) is 10.2. The van der Waals surface area contributed by atoms with Crippen molar-refractivity contribution in [3.05, 3.63) is 108 Å². The number of anilines is 3. The number of hydrogen-bond acceptors (Lipinski definition) is 9. The molecular formula is C36H33N3O9. The standard InChI is InChI=1S/C36H33N3O9/c1-4-31(40)46-28-13-7-22(8-14-28)34(43)39-27-20-23(35(44)37-25-9-15-29(16-10-25)47-32(41)5-2)19-24(21-27)36(45)38-26-11-17-30(18-12-26)48-33(42)6-3/h7-21H,4-6H2,1-3H3,(H,37,44)(H,38,45)(H,39,43). The molecule has 0 radical (unpaired) electrons. The molecule has 0 spiro atoms. The average Bonchev–Trinajstić information content (AvgIpc) is 3.09. The van der Waals surface area contributed by atoms with E-state index in [4.69, 9.17) is 14.2 Å². The van der Waals surface area contributed by atoms with Gasteiger partial charge in [-0.2, -0.15) is 0 Å². The summed E-state index contributed by atoms with van der Waals surface area (Å²) in [5, 5.41) is 8.16. The molecule has 4 aromatic carbocycles. The van der Waals surface area contributed by atoms with E-state index in [1.54, 1.807) is 45.0 Å². The number of carbonyl (C=O) groups excluding carboxylic acids is 6. The van der Waals surface area contributed by atoms with Crippen LogP contribution in [-0.2, 0) is 14.4 Å². The second-order valence-corrected chi connectivity index (χ2v) is 10.2. The SMILES string of the molecule is CCC(=O)Oc1ccc(NC(=O)c2cc(NC(=O)c3ccc(OC(=O)CC)cc3)cc(C(=O)Nc3ccc(OC(=O)CC)cc3)c2)cc1. The molecule has 12 heteroatoms. The van der Waals surface area contributed by atoms with Crippen molar-refractivity contribution in [2.75, 3.05) is 16.0 Å². The fourth-order valence-electron chi connectivity index (χ4n) is 4.07. The minimum absolute atomic E-state index is 0.0584. The van der Waals surface area contributed by atoms with Crippen molar-refractivity contribution in [2.24, 2.45) is 0 Å². The van der Waals surface area contributed by atoms with Gasteiger partial charge in [-0.3, -0.25) is 28.8 Å². The number of benzene rings is 4. The fraction of sp³-hybridized carbons (Fsp3) is 0.167. The van der Waals surface area contributed by atoms with E-state index >= 15 is 0 Å². The highest BCUT2D eigenvalue weighted by atomic mass is 16.5. The van der Waals surface area contributed by atoms with Crippen LogP contribution in [0, 0.1) is 0 Å². The minimum Gasteiger partial charge on any atom is -0.427 e. The van der Waals surface area contributed by atoms with E-state index in [9.17, 15) is 28.8 Å². The third-order valence-corrected chi connectivity index (χ3v) is 6.62. The normalized spacial score (nSPS) is 10.3. The van der Waals surface area contributed by atoms with Crippen LogP contribution >= 0.6 is 0 Å². The molecule has 3 amide bonds. The Hall–Kier alpha value is -6.30. The molecule has 4 aromatic rings. The highest BCUT2D eigenvalue weighted by Crippen LogP contribution is 2.23. The van der Waals surface area contributed by atoms with Crippen LogP contribution in [0.1, 0.15) is 71.1 Å². The predicted molar refractivity (Wildman–Crippen MR) is 177 cm³/mol. The number of carbonyl (C=O) groups is 6. The maximum absolute atomic E-state index is 13.3. The van der Waals surface area contributed by atoms with Crippen molar-refractivity contribution < 1.29 is 43.0 Å². The van der Waals surface area contributed by atoms with Crippen LogP contribution in [0.2, 0.25) is 0 Å². The van der Waals surface area contributed by atoms with Crippen LogP contribution < -0.4 is 30.2 Å². The predicted octanol–water partition coefficient (Wildman–Crippen LogP) is 6.39. The molecule has 0 aliphatic rings. The largest absolute Gasteiger partial charge is 0.427 e. The molecule has 12 nitrogen and oxygen atoms in total. The van der Waals surface area contributed by atoms with Gasteiger partial charge >= 0.3 is 17.9 Å². The Balaban J connectivity index is 1.57. The first kappa shape index (κ1) is 34.6. The molecule has 0 unspecified atom stereocenters. The number of amides is 3. The maximum atomic E-state index is 13.3. The Morgan fingerprint density at radius 1 is 0.417 bits per heavy atom. The Labute approximate surface area is 276 Å². The molecule has 0 fully saturated rings. The Kier molecular flexibility index (Phi) is 11.8. The molecule has 4 rings (SSSR count). The maximum Gasteiger partial charge on any atom is 0.310 e. The highest BCUT2D eigenvalue weighted by Gasteiger charge is 2.17. The number of rotatable bonds is 12. The molecule has 246 valence electrons. The summed E-state index contributed by atoms with van der Waals surface area (Å²) in [7, 11) is 0. The van der Waals surface area contributed by atoms with Gasteiger partial charge in [0.1, 0.15) is 17.2 Å². The van der Waals surface area contributed by atoms with Crippen molar-refractivity contribution in [2.45, 2.75) is 40.0 Å². The van der Waals surface area contributed by atoms with E-state index in [0.717, 1.165) is 0 Å². The molecule has 48 heavy (non-hydrogen) atoms. The van der Waals surface area contributed by atoms with Crippen molar-refractivity contribution >= 4 is 52.7 Å². The van der Waals surface area contributed by atoms with Gasteiger partial charge in [-0.05, 0) is 91.0 Å². The first-order valence-electron chi connectivity index (χ1n) is 15.1. The zero-order valence-electron chi connectivity index (χ0n) is 26.5. The van der Waals surface area contributed by atoms with Gasteiger partial charge in [0.25, 0.3) is 17.7 Å². The summed E-state index contributed by atoms with van der Waals surface area (Å²) in [5.74, 6) is -2.00. The molecule has 0 atom stereocenters. The fourth-order valence-corrected chi connectivity index (χ4v) is 4.07.